The van der Waals surface area contributed by atoms with Crippen LogP contribution in [0.15, 0.2) is 70.5 Å². The first-order valence-corrected chi connectivity index (χ1v) is 12.0. The number of carbonyl (C=O) groups excluding carboxylic acids is 1. The molecule has 3 aromatic carbocycles. The fraction of sp³-hybridized carbons (Fsp3) is 0.136. The number of alkyl halides is 2. The predicted molar refractivity (Wildman–Crippen MR) is 121 cm³/mol. The summed E-state index contributed by atoms with van der Waals surface area (Å²) in [6.45, 7) is 1.71. The topological polar surface area (TPSA) is 93.7 Å². The van der Waals surface area contributed by atoms with Gasteiger partial charge in [0.1, 0.15) is 0 Å². The summed E-state index contributed by atoms with van der Waals surface area (Å²) in [7, 11) is -4.00. The minimum Gasteiger partial charge on any atom is -0.454 e. The van der Waals surface area contributed by atoms with Gasteiger partial charge in [0.15, 0.2) is 11.5 Å². The van der Waals surface area contributed by atoms with Gasteiger partial charge < -0.3 is 14.8 Å². The highest BCUT2D eigenvalue weighted by Crippen LogP contribution is 2.33. The van der Waals surface area contributed by atoms with Gasteiger partial charge >= 0.3 is 0 Å². The third-order valence-corrected chi connectivity index (χ3v) is 6.95. The van der Waals surface area contributed by atoms with Crippen molar-refractivity contribution in [3.05, 3.63) is 71.8 Å². The molecule has 0 atom stereocenters. The summed E-state index contributed by atoms with van der Waals surface area (Å²) in [5, 5.41) is 2.68. The zero-order valence-electron chi connectivity index (χ0n) is 17.2. The third-order valence-electron chi connectivity index (χ3n) is 4.70. The van der Waals surface area contributed by atoms with Gasteiger partial charge in [0.05, 0.1) is 4.90 Å². The van der Waals surface area contributed by atoms with E-state index in [1.165, 1.54) is 30.3 Å². The lowest BCUT2D eigenvalue weighted by Crippen LogP contribution is -2.16. The van der Waals surface area contributed by atoms with Crippen LogP contribution in [-0.4, -0.2) is 26.9 Å². The number of sulfonamides is 1. The van der Waals surface area contributed by atoms with Gasteiger partial charge in [-0.2, -0.15) is 8.78 Å². The highest BCUT2D eigenvalue weighted by atomic mass is 32.2. The second-order valence-electron chi connectivity index (χ2n) is 7.01. The van der Waals surface area contributed by atoms with E-state index in [0.29, 0.717) is 39.3 Å². The van der Waals surface area contributed by atoms with Gasteiger partial charge in [0.2, 0.25) is 6.79 Å². The van der Waals surface area contributed by atoms with E-state index in [2.05, 4.69) is 10.0 Å². The maximum atomic E-state index is 12.9. The molecule has 0 saturated carbocycles. The molecule has 11 heteroatoms. The zero-order valence-corrected chi connectivity index (χ0v) is 18.8. The largest absolute Gasteiger partial charge is 0.454 e. The van der Waals surface area contributed by atoms with Crippen LogP contribution in [0, 0.1) is 6.92 Å². The Morgan fingerprint density at radius 2 is 1.67 bits per heavy atom. The van der Waals surface area contributed by atoms with Crippen LogP contribution in [0.1, 0.15) is 15.9 Å². The first-order chi connectivity index (χ1) is 15.7. The van der Waals surface area contributed by atoms with E-state index >= 15 is 0 Å². The Bertz CT molecular complexity index is 1300. The number of fused-ring (bicyclic) bond motifs is 1. The molecule has 1 heterocycles. The maximum Gasteiger partial charge on any atom is 0.288 e. The highest BCUT2D eigenvalue weighted by molar-refractivity contribution is 7.99. The second kappa shape index (κ2) is 9.28. The zero-order chi connectivity index (χ0) is 23.6. The number of aryl methyl sites for hydroxylation is 1. The number of nitrogens with one attached hydrogen (secondary N) is 2. The van der Waals surface area contributed by atoms with Crippen LogP contribution in [0.25, 0.3) is 0 Å². The SMILES string of the molecule is Cc1ccc(NC(=O)c2ccc3c(c2)OCO3)cc1S(=O)(=O)Nc1ccc(SC(F)F)cc1. The average Bonchev–Trinajstić information content (AvgIpc) is 3.23. The lowest BCUT2D eigenvalue weighted by Gasteiger charge is -2.13. The van der Waals surface area contributed by atoms with Gasteiger partial charge in [-0.3, -0.25) is 9.52 Å². The number of halogens is 2. The van der Waals surface area contributed by atoms with Crippen molar-refractivity contribution >= 4 is 39.1 Å². The van der Waals surface area contributed by atoms with Crippen molar-refractivity contribution in [2.75, 3.05) is 16.8 Å². The molecule has 1 aliphatic rings. The lowest BCUT2D eigenvalue weighted by molar-refractivity contribution is 0.102. The summed E-state index contributed by atoms with van der Waals surface area (Å²) >= 11 is 0.371. The van der Waals surface area contributed by atoms with Gasteiger partial charge in [-0.25, -0.2) is 8.42 Å². The number of amides is 1. The van der Waals surface area contributed by atoms with E-state index in [9.17, 15) is 22.0 Å². The monoisotopic (exact) mass is 492 g/mol. The lowest BCUT2D eigenvalue weighted by atomic mass is 10.1. The smallest absolute Gasteiger partial charge is 0.288 e. The van der Waals surface area contributed by atoms with Crippen LogP contribution in [0.4, 0.5) is 20.2 Å². The van der Waals surface area contributed by atoms with Crippen LogP contribution in [0.5, 0.6) is 11.5 Å². The van der Waals surface area contributed by atoms with Gasteiger partial charge in [-0.1, -0.05) is 17.8 Å². The number of thioether (sulfide) groups is 1. The van der Waals surface area contributed by atoms with E-state index in [4.69, 9.17) is 9.47 Å². The van der Waals surface area contributed by atoms with Gasteiger partial charge in [-0.15, -0.1) is 0 Å². The fourth-order valence-electron chi connectivity index (χ4n) is 3.12. The number of carbonyl (C=O) groups is 1. The van der Waals surface area contributed by atoms with Crippen LogP contribution in [0.3, 0.4) is 0 Å². The Balaban J connectivity index is 1.51. The molecule has 0 saturated heterocycles. The van der Waals surface area contributed by atoms with E-state index in [1.807, 2.05) is 0 Å². The predicted octanol–water partition coefficient (Wildman–Crippen LogP) is 5.09. The number of anilines is 2. The van der Waals surface area contributed by atoms with Crippen molar-refractivity contribution in [3.63, 3.8) is 0 Å². The first-order valence-electron chi connectivity index (χ1n) is 9.61. The summed E-state index contributed by atoms with van der Waals surface area (Å²) in [6, 6.07) is 14.9. The molecule has 33 heavy (non-hydrogen) atoms. The van der Waals surface area contributed by atoms with Crippen LogP contribution >= 0.6 is 11.8 Å². The Morgan fingerprint density at radius 3 is 2.39 bits per heavy atom. The van der Waals surface area contributed by atoms with Crippen LogP contribution in [-0.2, 0) is 10.0 Å². The standard InChI is InChI=1S/C22H18F2N2O5S2/c1-13-2-4-16(25-21(27)14-3-9-18-19(10-14)31-12-30-18)11-20(13)33(28,29)26-15-5-7-17(8-6-15)32-22(23)24/h2-11,22,26H,12H2,1H3,(H,25,27). The molecule has 0 radical (unpaired) electrons. The molecule has 0 bridgehead atoms. The molecular formula is C22H18F2N2O5S2. The Morgan fingerprint density at radius 1 is 0.970 bits per heavy atom. The highest BCUT2D eigenvalue weighted by Gasteiger charge is 2.20. The van der Waals surface area contributed by atoms with E-state index in [1.54, 1.807) is 37.3 Å². The average molecular weight is 493 g/mol. The summed E-state index contributed by atoms with van der Waals surface area (Å²) in [6.07, 6.45) is 0. The molecular weight excluding hydrogens is 474 g/mol. The summed E-state index contributed by atoms with van der Waals surface area (Å²) in [5.74, 6) is -2.01. The molecule has 4 rings (SSSR count). The van der Waals surface area contributed by atoms with E-state index in [0.717, 1.165) is 0 Å². The number of hydrogen-bond donors (Lipinski definition) is 2. The Hall–Kier alpha value is -3.31. The molecule has 172 valence electrons. The molecule has 0 unspecified atom stereocenters. The minimum atomic E-state index is -4.00. The molecule has 0 spiro atoms. The molecule has 1 amide bonds. The maximum absolute atomic E-state index is 12.9. The summed E-state index contributed by atoms with van der Waals surface area (Å²) < 4.78 is 63.7. The number of hydrogen-bond acceptors (Lipinski definition) is 6. The fourth-order valence-corrected chi connectivity index (χ4v) is 4.95. The van der Waals surface area contributed by atoms with Gasteiger partial charge in [-0.05, 0) is 67.1 Å². The normalized spacial score (nSPS) is 12.6. The van der Waals surface area contributed by atoms with Crippen molar-refractivity contribution in [3.8, 4) is 11.5 Å². The summed E-state index contributed by atoms with van der Waals surface area (Å²) in [4.78, 5) is 12.9. The number of rotatable bonds is 7. The van der Waals surface area contributed by atoms with Crippen molar-refractivity contribution in [2.45, 2.75) is 22.5 Å². The summed E-state index contributed by atoms with van der Waals surface area (Å²) in [5.41, 5.74) is 1.30. The van der Waals surface area contributed by atoms with E-state index in [-0.39, 0.29) is 23.1 Å². The Kier molecular flexibility index (Phi) is 6.43. The number of benzene rings is 3. The molecule has 3 aromatic rings. The van der Waals surface area contributed by atoms with E-state index < -0.39 is 21.7 Å². The minimum absolute atomic E-state index is 0.0305. The van der Waals surface area contributed by atoms with Crippen molar-refractivity contribution < 1.29 is 31.5 Å². The molecule has 0 aliphatic carbocycles. The molecule has 0 fully saturated rings. The molecule has 2 N–H and O–H groups in total. The van der Waals surface area contributed by atoms with Crippen LogP contribution < -0.4 is 19.5 Å². The molecule has 0 aromatic heterocycles. The van der Waals surface area contributed by atoms with Crippen molar-refractivity contribution in [2.24, 2.45) is 0 Å². The second-order valence-corrected chi connectivity index (χ2v) is 9.73. The quantitative estimate of drug-likeness (QED) is 0.446. The van der Waals surface area contributed by atoms with Gasteiger partial charge in [0.25, 0.3) is 21.7 Å². The molecule has 7 nitrogen and oxygen atoms in total. The first kappa shape index (κ1) is 22.9. The van der Waals surface area contributed by atoms with Crippen molar-refractivity contribution in [1.82, 2.24) is 0 Å². The molecule has 1 aliphatic heterocycles. The van der Waals surface area contributed by atoms with Crippen molar-refractivity contribution in [1.29, 1.82) is 0 Å². The van der Waals surface area contributed by atoms with Crippen LogP contribution in [0.2, 0.25) is 0 Å². The Labute approximate surface area is 193 Å². The van der Waals surface area contributed by atoms with Gasteiger partial charge in [0, 0.05) is 21.8 Å². The third kappa shape index (κ3) is 5.37. The number of ether oxygens (including phenoxy) is 2.